The van der Waals surface area contributed by atoms with Crippen LogP contribution in [0.15, 0.2) is 23.5 Å². The molecule has 0 radical (unpaired) electrons. The predicted octanol–water partition coefficient (Wildman–Crippen LogP) is 1.06. The lowest BCUT2D eigenvalue weighted by molar-refractivity contribution is 0.318. The lowest BCUT2D eigenvalue weighted by Gasteiger charge is -2.08. The van der Waals surface area contributed by atoms with Crippen LogP contribution >= 0.6 is 0 Å². The van der Waals surface area contributed by atoms with E-state index in [1.165, 1.54) is 12.8 Å². The van der Waals surface area contributed by atoms with Crippen LogP contribution in [0.1, 0.15) is 31.0 Å². The van der Waals surface area contributed by atoms with Crippen LogP contribution in [0.3, 0.4) is 0 Å². The van der Waals surface area contributed by atoms with Crippen LogP contribution < -0.4 is 11.1 Å². The molecular formula is C12H18N4O. The minimum absolute atomic E-state index is 0.0604. The van der Waals surface area contributed by atoms with Crippen molar-refractivity contribution in [2.75, 3.05) is 0 Å². The molecular weight excluding hydrogens is 216 g/mol. The molecule has 1 aromatic heterocycles. The Hall–Kier alpha value is -1.62. The Morgan fingerprint density at radius 2 is 2.53 bits per heavy atom. The predicted molar refractivity (Wildman–Crippen MR) is 65.8 cm³/mol. The summed E-state index contributed by atoms with van der Waals surface area (Å²) in [6, 6.07) is 4.41. The summed E-state index contributed by atoms with van der Waals surface area (Å²) in [7, 11) is 0. The monoisotopic (exact) mass is 234 g/mol. The highest BCUT2D eigenvalue weighted by Gasteiger charge is 2.34. The lowest BCUT2D eigenvalue weighted by Crippen LogP contribution is -2.23. The summed E-state index contributed by atoms with van der Waals surface area (Å²) in [5, 5.41) is 15.1. The van der Waals surface area contributed by atoms with Crippen molar-refractivity contribution in [2.24, 2.45) is 16.8 Å². The summed E-state index contributed by atoms with van der Waals surface area (Å²) < 4.78 is 0. The van der Waals surface area contributed by atoms with E-state index in [2.05, 4.69) is 22.4 Å². The topological polar surface area (TPSA) is 83.5 Å². The van der Waals surface area contributed by atoms with Gasteiger partial charge in [-0.2, -0.15) is 0 Å². The summed E-state index contributed by atoms with van der Waals surface area (Å²) in [5.74, 6) is 0.865. The van der Waals surface area contributed by atoms with Crippen molar-refractivity contribution in [1.29, 1.82) is 0 Å². The van der Waals surface area contributed by atoms with E-state index in [-0.39, 0.29) is 5.84 Å². The highest BCUT2D eigenvalue weighted by molar-refractivity contribution is 5.96. The van der Waals surface area contributed by atoms with Gasteiger partial charge in [0.05, 0.1) is 0 Å². The Morgan fingerprint density at radius 1 is 1.71 bits per heavy atom. The normalized spacial score (nSPS) is 23.7. The van der Waals surface area contributed by atoms with Crippen LogP contribution in [0, 0.1) is 5.92 Å². The number of aromatic nitrogens is 1. The highest BCUT2D eigenvalue weighted by atomic mass is 16.4. The van der Waals surface area contributed by atoms with Crippen molar-refractivity contribution in [3.63, 3.8) is 0 Å². The van der Waals surface area contributed by atoms with Gasteiger partial charge in [0.1, 0.15) is 5.69 Å². The van der Waals surface area contributed by atoms with E-state index >= 15 is 0 Å². The standard InChI is InChI=1S/C12H18N4O/c1-2-8-6-10(8)15-7-9-4-3-5-14-11(9)12(13)16-17/h3-5,8,10,15,17H,2,6-7H2,1H3,(H2,13,16). The Morgan fingerprint density at radius 3 is 3.18 bits per heavy atom. The lowest BCUT2D eigenvalue weighted by atomic mass is 10.2. The molecule has 5 nitrogen and oxygen atoms in total. The van der Waals surface area contributed by atoms with Gasteiger partial charge in [0.2, 0.25) is 0 Å². The number of amidine groups is 1. The number of nitrogens with two attached hydrogens (primary N) is 1. The smallest absolute Gasteiger partial charge is 0.189 e. The maximum absolute atomic E-state index is 8.69. The van der Waals surface area contributed by atoms with Gasteiger partial charge in [-0.15, -0.1) is 0 Å². The summed E-state index contributed by atoms with van der Waals surface area (Å²) in [4.78, 5) is 4.13. The van der Waals surface area contributed by atoms with Gasteiger partial charge in [0, 0.05) is 18.8 Å². The molecule has 0 saturated heterocycles. The molecule has 1 fully saturated rings. The minimum Gasteiger partial charge on any atom is -0.409 e. The van der Waals surface area contributed by atoms with E-state index < -0.39 is 0 Å². The Balaban J connectivity index is 2.00. The zero-order chi connectivity index (χ0) is 12.3. The molecule has 92 valence electrons. The highest BCUT2D eigenvalue weighted by Crippen LogP contribution is 2.33. The van der Waals surface area contributed by atoms with Crippen molar-refractivity contribution in [1.82, 2.24) is 10.3 Å². The number of pyridine rings is 1. The number of hydrogen-bond acceptors (Lipinski definition) is 4. The van der Waals surface area contributed by atoms with Crippen LogP contribution in [0.2, 0.25) is 0 Å². The zero-order valence-electron chi connectivity index (χ0n) is 9.93. The molecule has 2 rings (SSSR count). The van der Waals surface area contributed by atoms with Crippen LogP contribution in [0.5, 0.6) is 0 Å². The molecule has 1 aliphatic rings. The van der Waals surface area contributed by atoms with E-state index in [0.717, 1.165) is 11.5 Å². The molecule has 4 N–H and O–H groups in total. The maximum atomic E-state index is 8.69. The third kappa shape index (κ3) is 2.74. The number of rotatable bonds is 5. The fourth-order valence-electron chi connectivity index (χ4n) is 2.05. The van der Waals surface area contributed by atoms with Gasteiger partial charge in [-0.1, -0.05) is 24.6 Å². The van der Waals surface area contributed by atoms with Gasteiger partial charge >= 0.3 is 0 Å². The van der Waals surface area contributed by atoms with Gasteiger partial charge < -0.3 is 16.3 Å². The van der Waals surface area contributed by atoms with Crippen LogP contribution in [0.4, 0.5) is 0 Å². The molecule has 17 heavy (non-hydrogen) atoms. The van der Waals surface area contributed by atoms with Crippen molar-refractivity contribution in [2.45, 2.75) is 32.4 Å². The minimum atomic E-state index is 0.0604. The molecule has 0 spiro atoms. The van der Waals surface area contributed by atoms with Crippen LogP contribution in [-0.4, -0.2) is 22.1 Å². The number of nitrogens with zero attached hydrogens (tertiary/aromatic N) is 2. The SMILES string of the molecule is CCC1CC1NCc1cccnc1/C(N)=N/O. The van der Waals surface area contributed by atoms with Crippen molar-refractivity contribution in [3.8, 4) is 0 Å². The Kier molecular flexibility index (Phi) is 3.58. The molecule has 0 bridgehead atoms. The largest absolute Gasteiger partial charge is 0.409 e. The molecule has 5 heteroatoms. The number of nitrogens with one attached hydrogen (secondary N) is 1. The molecule has 1 aliphatic carbocycles. The fraction of sp³-hybridized carbons (Fsp3) is 0.500. The average molecular weight is 234 g/mol. The van der Waals surface area contributed by atoms with E-state index in [9.17, 15) is 0 Å². The second-order valence-corrected chi connectivity index (χ2v) is 4.39. The average Bonchev–Trinajstić information content (AvgIpc) is 3.14. The second-order valence-electron chi connectivity index (χ2n) is 4.39. The molecule has 2 atom stereocenters. The fourth-order valence-corrected chi connectivity index (χ4v) is 2.05. The summed E-state index contributed by atoms with van der Waals surface area (Å²) in [5.41, 5.74) is 7.09. The molecule has 0 amide bonds. The summed E-state index contributed by atoms with van der Waals surface area (Å²) >= 11 is 0. The van der Waals surface area contributed by atoms with Crippen molar-refractivity contribution >= 4 is 5.84 Å². The third-order valence-corrected chi connectivity index (χ3v) is 3.24. The first kappa shape index (κ1) is 11.9. The molecule has 2 unspecified atom stereocenters. The first-order chi connectivity index (χ1) is 8.26. The molecule has 1 heterocycles. The zero-order valence-corrected chi connectivity index (χ0v) is 9.93. The Labute approximate surface area is 101 Å². The number of oxime groups is 1. The molecule has 1 saturated carbocycles. The molecule has 1 aromatic rings. The number of hydrogen-bond donors (Lipinski definition) is 3. The van der Waals surface area contributed by atoms with Gasteiger partial charge in [-0.3, -0.25) is 4.98 Å². The van der Waals surface area contributed by atoms with E-state index in [1.807, 2.05) is 12.1 Å². The van der Waals surface area contributed by atoms with Crippen LogP contribution in [-0.2, 0) is 6.54 Å². The summed E-state index contributed by atoms with van der Waals surface area (Å²) in [6.07, 6.45) is 4.11. The quantitative estimate of drug-likeness (QED) is 0.308. The van der Waals surface area contributed by atoms with Crippen molar-refractivity contribution < 1.29 is 5.21 Å². The van der Waals surface area contributed by atoms with Crippen molar-refractivity contribution in [3.05, 3.63) is 29.6 Å². The van der Waals surface area contributed by atoms with Gasteiger partial charge in [0.25, 0.3) is 0 Å². The maximum Gasteiger partial charge on any atom is 0.189 e. The Bertz CT molecular complexity index is 419. The first-order valence-electron chi connectivity index (χ1n) is 5.91. The molecule has 0 aromatic carbocycles. The molecule has 0 aliphatic heterocycles. The third-order valence-electron chi connectivity index (χ3n) is 3.24. The van der Waals surface area contributed by atoms with Gasteiger partial charge in [-0.25, -0.2) is 0 Å². The van der Waals surface area contributed by atoms with E-state index in [0.29, 0.717) is 18.3 Å². The van der Waals surface area contributed by atoms with Gasteiger partial charge in [0.15, 0.2) is 5.84 Å². The van der Waals surface area contributed by atoms with E-state index in [1.54, 1.807) is 6.20 Å². The first-order valence-corrected chi connectivity index (χ1v) is 5.91. The second kappa shape index (κ2) is 5.14. The van der Waals surface area contributed by atoms with Gasteiger partial charge in [-0.05, 0) is 24.0 Å². The van der Waals surface area contributed by atoms with Crippen LogP contribution in [0.25, 0.3) is 0 Å². The summed E-state index contributed by atoms with van der Waals surface area (Å²) in [6.45, 7) is 2.92. The van der Waals surface area contributed by atoms with E-state index in [4.69, 9.17) is 10.9 Å².